The third-order valence-corrected chi connectivity index (χ3v) is 5.38. The Balaban J connectivity index is 1.73. The third-order valence-electron chi connectivity index (χ3n) is 4.46. The molecule has 1 aliphatic heterocycles. The maximum Gasteiger partial charge on any atom is 0.141 e. The fourth-order valence-corrected chi connectivity index (χ4v) is 4.38. The molecule has 0 N–H and O–H groups in total. The average molecular weight is 357 g/mol. The van der Waals surface area contributed by atoms with Crippen molar-refractivity contribution in [1.29, 1.82) is 0 Å². The molecular weight excluding hydrogens is 334 g/mol. The van der Waals surface area contributed by atoms with Gasteiger partial charge in [-0.05, 0) is 42.3 Å². The van der Waals surface area contributed by atoms with Crippen molar-refractivity contribution in [3.63, 3.8) is 0 Å². The van der Waals surface area contributed by atoms with Gasteiger partial charge in [0.05, 0.1) is 24.8 Å². The van der Waals surface area contributed by atoms with Crippen LogP contribution >= 0.6 is 11.3 Å². The number of furan rings is 1. The molecule has 132 valence electrons. The lowest BCUT2D eigenvalue weighted by Gasteiger charge is -2.33. The number of thiophene rings is 1. The number of fused-ring (bicyclic) bond motifs is 1. The molecule has 0 spiro atoms. The molecule has 1 atom stereocenters. The maximum absolute atomic E-state index is 5.92. The summed E-state index contributed by atoms with van der Waals surface area (Å²) in [7, 11) is 0. The van der Waals surface area contributed by atoms with Gasteiger partial charge in [-0.2, -0.15) is 0 Å². The van der Waals surface area contributed by atoms with E-state index in [4.69, 9.17) is 14.1 Å². The molecule has 6 heteroatoms. The number of ether oxygens (including phenoxy) is 1. The van der Waals surface area contributed by atoms with Crippen molar-refractivity contribution < 1.29 is 9.15 Å². The first-order valence-electron chi connectivity index (χ1n) is 8.76. The number of aryl methyl sites for hydroxylation is 1. The molecule has 0 aliphatic carbocycles. The summed E-state index contributed by atoms with van der Waals surface area (Å²) < 4.78 is 11.5. The highest BCUT2D eigenvalue weighted by Gasteiger charge is 2.27. The Morgan fingerprint density at radius 1 is 1.36 bits per heavy atom. The molecule has 3 aromatic rings. The number of hydrogen-bond acceptors (Lipinski definition) is 6. The minimum atomic E-state index is -0.0544. The summed E-state index contributed by atoms with van der Waals surface area (Å²) in [5, 5.41) is 3.46. The van der Waals surface area contributed by atoms with E-state index in [1.165, 1.54) is 10.9 Å². The summed E-state index contributed by atoms with van der Waals surface area (Å²) in [5.41, 5.74) is 1.35. The van der Waals surface area contributed by atoms with E-state index < -0.39 is 0 Å². The van der Waals surface area contributed by atoms with Gasteiger partial charge in [0.15, 0.2) is 0 Å². The van der Waals surface area contributed by atoms with Crippen molar-refractivity contribution in [1.82, 2.24) is 9.97 Å². The van der Waals surface area contributed by atoms with Crippen molar-refractivity contribution in [2.75, 3.05) is 24.6 Å². The average Bonchev–Trinajstić information content (AvgIpc) is 3.24. The molecule has 0 radical (unpaired) electrons. The Morgan fingerprint density at radius 3 is 3.00 bits per heavy atom. The molecule has 1 fully saturated rings. The maximum atomic E-state index is 5.92. The van der Waals surface area contributed by atoms with Crippen molar-refractivity contribution in [3.8, 4) is 0 Å². The van der Waals surface area contributed by atoms with Gasteiger partial charge in [0.1, 0.15) is 28.3 Å². The minimum absolute atomic E-state index is 0.0544. The van der Waals surface area contributed by atoms with Crippen LogP contribution in [0.5, 0.6) is 0 Å². The summed E-state index contributed by atoms with van der Waals surface area (Å²) in [6.07, 6.45) is 2.69. The quantitative estimate of drug-likeness (QED) is 0.694. The third kappa shape index (κ3) is 3.28. The van der Waals surface area contributed by atoms with Gasteiger partial charge in [0.2, 0.25) is 0 Å². The Hall–Kier alpha value is -1.92. The Kier molecular flexibility index (Phi) is 4.48. The van der Waals surface area contributed by atoms with E-state index in [9.17, 15) is 0 Å². The second kappa shape index (κ2) is 6.77. The van der Waals surface area contributed by atoms with Crippen molar-refractivity contribution in [2.45, 2.75) is 33.3 Å². The molecule has 3 aromatic heterocycles. The first-order valence-corrected chi connectivity index (χ1v) is 9.64. The van der Waals surface area contributed by atoms with Gasteiger partial charge in [-0.15, -0.1) is 11.3 Å². The zero-order valence-electron chi connectivity index (χ0n) is 14.9. The molecule has 1 unspecified atom stereocenters. The van der Waals surface area contributed by atoms with E-state index >= 15 is 0 Å². The highest BCUT2D eigenvalue weighted by Crippen LogP contribution is 2.35. The lowest BCUT2D eigenvalue weighted by molar-refractivity contribution is 0.0256. The number of aromatic nitrogens is 2. The van der Waals surface area contributed by atoms with E-state index in [0.717, 1.165) is 41.7 Å². The van der Waals surface area contributed by atoms with Crippen LogP contribution in [0, 0.1) is 12.8 Å². The SMILES string of the molecule is Cc1nc(N2CCOC(c3ccco3)C2)c2c(CC(C)C)csc2n1. The van der Waals surface area contributed by atoms with E-state index in [1.807, 2.05) is 19.1 Å². The smallest absolute Gasteiger partial charge is 0.141 e. The second-order valence-corrected chi connectivity index (χ2v) is 7.81. The van der Waals surface area contributed by atoms with Crippen LogP contribution in [-0.2, 0) is 11.2 Å². The van der Waals surface area contributed by atoms with Crippen LogP contribution in [0.1, 0.15) is 37.1 Å². The van der Waals surface area contributed by atoms with Crippen LogP contribution in [0.2, 0.25) is 0 Å². The summed E-state index contributed by atoms with van der Waals surface area (Å²) >= 11 is 1.72. The number of nitrogens with zero attached hydrogens (tertiary/aromatic N) is 3. The molecule has 25 heavy (non-hydrogen) atoms. The number of rotatable bonds is 4. The first kappa shape index (κ1) is 16.5. The van der Waals surface area contributed by atoms with Crippen LogP contribution in [-0.4, -0.2) is 29.7 Å². The molecule has 5 nitrogen and oxygen atoms in total. The fraction of sp³-hybridized carbons (Fsp3) is 0.474. The number of morpholine rings is 1. The molecule has 0 bridgehead atoms. The van der Waals surface area contributed by atoms with Gasteiger partial charge in [-0.25, -0.2) is 9.97 Å². The molecule has 0 amide bonds. The molecule has 4 rings (SSSR count). The number of hydrogen-bond donors (Lipinski definition) is 0. The largest absolute Gasteiger partial charge is 0.467 e. The van der Waals surface area contributed by atoms with Gasteiger partial charge in [-0.1, -0.05) is 13.8 Å². The first-order chi connectivity index (χ1) is 12.1. The summed E-state index contributed by atoms with van der Waals surface area (Å²) in [5.74, 6) is 3.34. The molecule has 4 heterocycles. The van der Waals surface area contributed by atoms with E-state index in [1.54, 1.807) is 17.6 Å². The summed E-state index contributed by atoms with van der Waals surface area (Å²) in [6, 6.07) is 3.88. The van der Waals surface area contributed by atoms with Crippen LogP contribution in [0.4, 0.5) is 5.82 Å². The van der Waals surface area contributed by atoms with E-state index in [-0.39, 0.29) is 6.10 Å². The fourth-order valence-electron chi connectivity index (χ4n) is 3.39. The topological polar surface area (TPSA) is 51.4 Å². The molecule has 0 saturated carbocycles. The van der Waals surface area contributed by atoms with E-state index in [0.29, 0.717) is 12.5 Å². The normalized spacial score (nSPS) is 18.4. The monoisotopic (exact) mass is 357 g/mol. The van der Waals surface area contributed by atoms with Crippen LogP contribution < -0.4 is 4.90 Å². The van der Waals surface area contributed by atoms with Gasteiger partial charge in [0.25, 0.3) is 0 Å². The van der Waals surface area contributed by atoms with Crippen LogP contribution in [0.15, 0.2) is 28.2 Å². The van der Waals surface area contributed by atoms with Gasteiger partial charge < -0.3 is 14.1 Å². The Labute approximate surface area is 151 Å². The van der Waals surface area contributed by atoms with Crippen molar-refractivity contribution >= 4 is 27.4 Å². The molecule has 1 saturated heterocycles. The Morgan fingerprint density at radius 2 is 2.24 bits per heavy atom. The van der Waals surface area contributed by atoms with Gasteiger partial charge in [-0.3, -0.25) is 0 Å². The van der Waals surface area contributed by atoms with Crippen LogP contribution in [0.3, 0.4) is 0 Å². The standard InChI is InChI=1S/C19H23N3O2S/c1-12(2)9-14-11-25-19-17(14)18(20-13(3)21-19)22-6-8-24-16(10-22)15-5-4-7-23-15/h4-5,7,11-12,16H,6,8-10H2,1-3H3. The predicted octanol–water partition coefficient (Wildman–Crippen LogP) is 4.37. The lowest BCUT2D eigenvalue weighted by atomic mass is 10.0. The van der Waals surface area contributed by atoms with Crippen molar-refractivity contribution in [3.05, 3.63) is 40.9 Å². The summed E-state index contributed by atoms with van der Waals surface area (Å²) in [4.78, 5) is 12.9. The predicted molar refractivity (Wildman–Crippen MR) is 100 cm³/mol. The molecule has 1 aliphatic rings. The lowest BCUT2D eigenvalue weighted by Crippen LogP contribution is -2.39. The number of anilines is 1. The van der Waals surface area contributed by atoms with Gasteiger partial charge in [0, 0.05) is 6.54 Å². The zero-order valence-corrected chi connectivity index (χ0v) is 15.7. The van der Waals surface area contributed by atoms with E-state index in [2.05, 4.69) is 29.1 Å². The van der Waals surface area contributed by atoms with Crippen molar-refractivity contribution in [2.24, 2.45) is 5.92 Å². The molecule has 0 aromatic carbocycles. The van der Waals surface area contributed by atoms with Crippen LogP contribution in [0.25, 0.3) is 10.2 Å². The summed E-state index contributed by atoms with van der Waals surface area (Å²) in [6.45, 7) is 8.71. The zero-order chi connectivity index (χ0) is 17.4. The highest BCUT2D eigenvalue weighted by atomic mass is 32.1. The van der Waals surface area contributed by atoms with Gasteiger partial charge >= 0.3 is 0 Å². The minimum Gasteiger partial charge on any atom is -0.467 e. The Bertz CT molecular complexity index is 857. The highest BCUT2D eigenvalue weighted by molar-refractivity contribution is 7.17. The molecular formula is C19H23N3O2S. The second-order valence-electron chi connectivity index (χ2n) is 6.95.